The fraction of sp³-hybridized carbons (Fsp3) is 0.105. The van der Waals surface area contributed by atoms with E-state index < -0.39 is 11.8 Å². The Morgan fingerprint density at radius 2 is 1.81 bits per heavy atom. The van der Waals surface area contributed by atoms with Crippen LogP contribution in [-0.2, 0) is 16.1 Å². The molecule has 0 aliphatic carbocycles. The Hall–Kier alpha value is -3.06. The number of ether oxygens (including phenoxy) is 1. The number of thiazole rings is 1. The fourth-order valence-corrected chi connectivity index (χ4v) is 3.15. The molecule has 3 rings (SSSR count). The number of carbonyl (C=O) groups excluding carboxylic acids is 2. The highest BCUT2D eigenvalue weighted by atomic mass is 32.1. The zero-order valence-electron chi connectivity index (χ0n) is 13.9. The van der Waals surface area contributed by atoms with E-state index in [1.165, 1.54) is 47.4 Å². The number of anilines is 2. The lowest BCUT2D eigenvalue weighted by atomic mass is 10.2. The number of aromatic nitrogens is 1. The van der Waals surface area contributed by atoms with Crippen LogP contribution in [0.3, 0.4) is 0 Å². The highest BCUT2D eigenvalue weighted by molar-refractivity contribution is 7.14. The van der Waals surface area contributed by atoms with Crippen molar-refractivity contribution < 1.29 is 18.7 Å². The molecule has 0 N–H and O–H groups in total. The summed E-state index contributed by atoms with van der Waals surface area (Å²) in [6, 6.07) is 14.3. The van der Waals surface area contributed by atoms with E-state index in [9.17, 15) is 14.0 Å². The Kier molecular flexibility index (Phi) is 5.38. The Balaban J connectivity index is 1.70. The lowest BCUT2D eigenvalue weighted by Crippen LogP contribution is -2.22. The summed E-state index contributed by atoms with van der Waals surface area (Å²) in [6.45, 7) is 1.43. The third-order valence-corrected chi connectivity index (χ3v) is 4.37. The molecule has 1 aromatic heterocycles. The van der Waals surface area contributed by atoms with Crippen molar-refractivity contribution in [2.75, 3.05) is 4.90 Å². The molecule has 0 unspecified atom stereocenters. The summed E-state index contributed by atoms with van der Waals surface area (Å²) in [4.78, 5) is 29.8. The van der Waals surface area contributed by atoms with Crippen LogP contribution in [0.1, 0.15) is 23.0 Å². The van der Waals surface area contributed by atoms with Gasteiger partial charge >= 0.3 is 5.97 Å². The van der Waals surface area contributed by atoms with E-state index in [1.807, 2.05) is 30.3 Å². The highest BCUT2D eigenvalue weighted by Crippen LogP contribution is 2.28. The Morgan fingerprint density at radius 1 is 1.12 bits per heavy atom. The van der Waals surface area contributed by atoms with Crippen LogP contribution < -0.4 is 4.90 Å². The van der Waals surface area contributed by atoms with Crippen molar-refractivity contribution in [1.29, 1.82) is 0 Å². The summed E-state index contributed by atoms with van der Waals surface area (Å²) < 4.78 is 18.1. The molecule has 0 atom stereocenters. The molecule has 0 saturated carbocycles. The molecule has 0 spiro atoms. The average molecular weight is 370 g/mol. The normalized spacial score (nSPS) is 10.4. The van der Waals surface area contributed by atoms with E-state index in [4.69, 9.17) is 4.74 Å². The Bertz CT molecular complexity index is 910. The maximum Gasteiger partial charge on any atom is 0.338 e. The van der Waals surface area contributed by atoms with Crippen molar-refractivity contribution in [2.45, 2.75) is 13.5 Å². The number of esters is 1. The van der Waals surface area contributed by atoms with Crippen molar-refractivity contribution in [3.05, 3.63) is 77.1 Å². The molecular formula is C19H15FN2O3S. The van der Waals surface area contributed by atoms with Crippen LogP contribution in [0.4, 0.5) is 15.2 Å². The van der Waals surface area contributed by atoms with E-state index >= 15 is 0 Å². The van der Waals surface area contributed by atoms with Crippen LogP contribution in [0.5, 0.6) is 0 Å². The van der Waals surface area contributed by atoms with E-state index in [0.717, 1.165) is 0 Å². The largest absolute Gasteiger partial charge is 0.456 e. The summed E-state index contributed by atoms with van der Waals surface area (Å²) in [5, 5.41) is 2.23. The number of carbonyl (C=O) groups is 2. The molecule has 0 saturated heterocycles. The first-order valence-corrected chi connectivity index (χ1v) is 8.65. The van der Waals surface area contributed by atoms with Gasteiger partial charge in [-0.3, -0.25) is 9.69 Å². The van der Waals surface area contributed by atoms with Gasteiger partial charge in [0, 0.05) is 12.3 Å². The Morgan fingerprint density at radius 3 is 2.46 bits per heavy atom. The molecule has 1 heterocycles. The summed E-state index contributed by atoms with van der Waals surface area (Å²) in [7, 11) is 0. The molecular weight excluding hydrogens is 355 g/mol. The summed E-state index contributed by atoms with van der Waals surface area (Å²) >= 11 is 1.28. The molecule has 0 aliphatic rings. The number of hydrogen-bond acceptors (Lipinski definition) is 5. The van der Waals surface area contributed by atoms with Crippen molar-refractivity contribution in [3.63, 3.8) is 0 Å². The summed E-state index contributed by atoms with van der Waals surface area (Å²) in [5.74, 6) is -1.15. The van der Waals surface area contributed by atoms with Crippen LogP contribution >= 0.6 is 11.3 Å². The smallest absolute Gasteiger partial charge is 0.338 e. The number of amides is 1. The molecule has 0 bridgehead atoms. The van der Waals surface area contributed by atoms with Gasteiger partial charge in [-0.25, -0.2) is 14.2 Å². The average Bonchev–Trinajstić information content (AvgIpc) is 3.09. The van der Waals surface area contributed by atoms with E-state index in [1.54, 1.807) is 5.38 Å². The van der Waals surface area contributed by atoms with Crippen molar-refractivity contribution >= 4 is 34.0 Å². The van der Waals surface area contributed by atoms with Gasteiger partial charge in [-0.1, -0.05) is 18.2 Å². The van der Waals surface area contributed by atoms with Crippen molar-refractivity contribution in [1.82, 2.24) is 4.98 Å². The van der Waals surface area contributed by atoms with Gasteiger partial charge in [0.25, 0.3) is 0 Å². The molecule has 2 aromatic carbocycles. The molecule has 7 heteroatoms. The van der Waals surface area contributed by atoms with Gasteiger partial charge in [0.15, 0.2) is 5.13 Å². The summed E-state index contributed by atoms with van der Waals surface area (Å²) in [6.07, 6.45) is 0. The number of benzene rings is 2. The van der Waals surface area contributed by atoms with E-state index in [2.05, 4.69) is 4.98 Å². The van der Waals surface area contributed by atoms with Gasteiger partial charge in [-0.2, -0.15) is 0 Å². The molecule has 132 valence electrons. The minimum atomic E-state index is -0.564. The second-order valence-corrected chi connectivity index (χ2v) is 6.23. The second-order valence-electron chi connectivity index (χ2n) is 5.39. The van der Waals surface area contributed by atoms with E-state index in [0.29, 0.717) is 16.5 Å². The van der Waals surface area contributed by atoms with Crippen molar-refractivity contribution in [2.24, 2.45) is 0 Å². The first-order valence-electron chi connectivity index (χ1n) is 7.77. The number of hydrogen-bond donors (Lipinski definition) is 0. The lowest BCUT2D eigenvalue weighted by Gasteiger charge is -2.17. The first-order chi connectivity index (χ1) is 12.5. The van der Waals surface area contributed by atoms with Gasteiger partial charge in [0.1, 0.15) is 12.4 Å². The molecule has 3 aromatic rings. The van der Waals surface area contributed by atoms with Gasteiger partial charge in [0.05, 0.1) is 16.9 Å². The monoisotopic (exact) mass is 370 g/mol. The summed E-state index contributed by atoms with van der Waals surface area (Å²) in [5.41, 5.74) is 1.50. The number of rotatable bonds is 5. The fourth-order valence-electron chi connectivity index (χ4n) is 2.28. The SMILES string of the molecule is CC(=O)N(c1ccccc1)c1nc(COC(=O)c2ccc(F)cc2)cs1. The van der Waals surface area contributed by atoms with E-state index in [-0.39, 0.29) is 18.1 Å². The van der Waals surface area contributed by atoms with Crippen LogP contribution in [0.2, 0.25) is 0 Å². The predicted octanol–water partition coefficient (Wildman–Crippen LogP) is 4.32. The van der Waals surface area contributed by atoms with Crippen LogP contribution in [-0.4, -0.2) is 16.9 Å². The zero-order valence-corrected chi connectivity index (χ0v) is 14.7. The van der Waals surface area contributed by atoms with Gasteiger partial charge in [-0.15, -0.1) is 11.3 Å². The third-order valence-electron chi connectivity index (χ3n) is 3.49. The molecule has 0 fully saturated rings. The Labute approximate surface area is 153 Å². The minimum absolute atomic E-state index is 0.0345. The standard InChI is InChI=1S/C19H15FN2O3S/c1-13(23)22(17-5-3-2-4-6-17)19-21-16(12-26-19)11-25-18(24)14-7-9-15(20)10-8-14/h2-10,12H,11H2,1H3. The van der Waals surface area contributed by atoms with Gasteiger partial charge in [-0.05, 0) is 36.4 Å². The maximum absolute atomic E-state index is 12.9. The maximum atomic E-state index is 12.9. The molecule has 0 aliphatic heterocycles. The second kappa shape index (κ2) is 7.88. The lowest BCUT2D eigenvalue weighted by molar-refractivity contribution is -0.115. The number of nitrogens with zero attached hydrogens (tertiary/aromatic N) is 2. The van der Waals surface area contributed by atoms with Crippen LogP contribution in [0.25, 0.3) is 0 Å². The quantitative estimate of drug-likeness (QED) is 0.628. The molecule has 1 amide bonds. The van der Waals surface area contributed by atoms with Gasteiger partial charge < -0.3 is 4.74 Å². The van der Waals surface area contributed by atoms with Crippen LogP contribution in [0, 0.1) is 5.82 Å². The zero-order chi connectivity index (χ0) is 18.5. The topological polar surface area (TPSA) is 59.5 Å². The predicted molar refractivity (Wildman–Crippen MR) is 96.9 cm³/mol. The third kappa shape index (κ3) is 4.12. The highest BCUT2D eigenvalue weighted by Gasteiger charge is 2.18. The number of para-hydroxylation sites is 1. The first kappa shape index (κ1) is 17.8. The molecule has 5 nitrogen and oxygen atoms in total. The van der Waals surface area contributed by atoms with Crippen LogP contribution in [0.15, 0.2) is 60.0 Å². The van der Waals surface area contributed by atoms with Gasteiger partial charge in [0.2, 0.25) is 5.91 Å². The minimum Gasteiger partial charge on any atom is -0.456 e. The van der Waals surface area contributed by atoms with Crippen molar-refractivity contribution in [3.8, 4) is 0 Å². The molecule has 26 heavy (non-hydrogen) atoms. The molecule has 0 radical (unpaired) electrons. The number of halogens is 1.